The summed E-state index contributed by atoms with van der Waals surface area (Å²) in [5.41, 5.74) is 1.69. The van der Waals surface area contributed by atoms with Crippen LogP contribution in [0.5, 0.6) is 11.5 Å². The first-order chi connectivity index (χ1) is 17.0. The van der Waals surface area contributed by atoms with E-state index in [1.165, 1.54) is 19.3 Å². The minimum Gasteiger partial charge on any atom is -0.493 e. The number of nitriles is 1. The van der Waals surface area contributed by atoms with Crippen molar-refractivity contribution in [1.82, 2.24) is 0 Å². The lowest BCUT2D eigenvalue weighted by Crippen LogP contribution is -2.14. The van der Waals surface area contributed by atoms with Gasteiger partial charge in [0.15, 0.2) is 11.5 Å². The Hall–Kier alpha value is -3.98. The van der Waals surface area contributed by atoms with Gasteiger partial charge in [-0.3, -0.25) is 4.79 Å². The van der Waals surface area contributed by atoms with E-state index < -0.39 is 5.91 Å². The van der Waals surface area contributed by atoms with Crippen LogP contribution in [0.2, 0.25) is 10.0 Å². The number of hydrogen-bond donors (Lipinski definition) is 1. The summed E-state index contributed by atoms with van der Waals surface area (Å²) in [6, 6.07) is 26.0. The summed E-state index contributed by atoms with van der Waals surface area (Å²) in [6.45, 7) is 0.273. The molecule has 0 atom stereocenters. The van der Waals surface area contributed by atoms with Gasteiger partial charge in [-0.25, -0.2) is 0 Å². The number of amides is 1. The van der Waals surface area contributed by atoms with Crippen molar-refractivity contribution in [3.63, 3.8) is 0 Å². The maximum absolute atomic E-state index is 12.8. The largest absolute Gasteiger partial charge is 0.493 e. The van der Waals surface area contributed by atoms with Crippen molar-refractivity contribution in [2.45, 2.75) is 6.61 Å². The molecule has 0 saturated heterocycles. The summed E-state index contributed by atoms with van der Waals surface area (Å²) in [7, 11) is 1.53. The van der Waals surface area contributed by atoms with E-state index >= 15 is 0 Å². The van der Waals surface area contributed by atoms with Crippen LogP contribution in [-0.4, -0.2) is 13.0 Å². The van der Waals surface area contributed by atoms with Gasteiger partial charge in [-0.2, -0.15) is 5.26 Å². The van der Waals surface area contributed by atoms with E-state index in [-0.39, 0.29) is 12.2 Å². The zero-order chi connectivity index (χ0) is 24.8. The molecule has 0 fully saturated rings. The molecule has 0 heterocycles. The molecule has 0 unspecified atom stereocenters. The highest BCUT2D eigenvalue weighted by atomic mass is 35.5. The molecule has 4 aromatic carbocycles. The van der Waals surface area contributed by atoms with E-state index in [9.17, 15) is 10.1 Å². The second-order valence-electron chi connectivity index (χ2n) is 7.55. The van der Waals surface area contributed by atoms with Crippen LogP contribution in [0.3, 0.4) is 0 Å². The maximum atomic E-state index is 12.8. The SMILES string of the molecule is COc1cccc(/C=C(\C#N)C(=O)Nc2cc(Cl)ccc2Cl)c1OCc1cccc2ccccc12. The molecule has 0 bridgehead atoms. The lowest BCUT2D eigenvalue weighted by atomic mass is 10.1. The van der Waals surface area contributed by atoms with Gasteiger partial charge in [-0.1, -0.05) is 77.8 Å². The number of anilines is 1. The number of carbonyl (C=O) groups excluding carboxylic acids is 1. The van der Waals surface area contributed by atoms with Gasteiger partial charge in [0, 0.05) is 10.6 Å². The smallest absolute Gasteiger partial charge is 0.266 e. The maximum Gasteiger partial charge on any atom is 0.266 e. The predicted molar refractivity (Wildman–Crippen MR) is 140 cm³/mol. The Bertz CT molecular complexity index is 1470. The van der Waals surface area contributed by atoms with Crippen LogP contribution in [0.25, 0.3) is 16.8 Å². The number of hydrogen-bond acceptors (Lipinski definition) is 4. The molecule has 0 saturated carbocycles. The Morgan fingerprint density at radius 3 is 2.60 bits per heavy atom. The molecule has 1 amide bonds. The molecule has 0 aliphatic heterocycles. The monoisotopic (exact) mass is 502 g/mol. The van der Waals surface area contributed by atoms with Gasteiger partial charge in [0.25, 0.3) is 5.91 Å². The first-order valence-corrected chi connectivity index (χ1v) is 11.4. The van der Waals surface area contributed by atoms with E-state index in [2.05, 4.69) is 5.32 Å². The number of rotatable bonds is 7. The summed E-state index contributed by atoms with van der Waals surface area (Å²) in [6.07, 6.45) is 1.45. The van der Waals surface area contributed by atoms with Crippen molar-refractivity contribution in [2.75, 3.05) is 12.4 Å². The normalized spacial score (nSPS) is 11.1. The lowest BCUT2D eigenvalue weighted by molar-refractivity contribution is -0.112. The second-order valence-corrected chi connectivity index (χ2v) is 8.40. The minimum atomic E-state index is -0.625. The van der Waals surface area contributed by atoms with Crippen molar-refractivity contribution in [3.8, 4) is 17.6 Å². The van der Waals surface area contributed by atoms with E-state index in [1.54, 1.807) is 30.3 Å². The average molecular weight is 503 g/mol. The number of nitrogens with one attached hydrogen (secondary N) is 1. The number of benzene rings is 4. The molecule has 7 heteroatoms. The van der Waals surface area contributed by atoms with E-state index in [0.717, 1.165) is 16.3 Å². The fourth-order valence-electron chi connectivity index (χ4n) is 3.62. The number of halogens is 2. The van der Waals surface area contributed by atoms with Crippen LogP contribution >= 0.6 is 23.2 Å². The van der Waals surface area contributed by atoms with E-state index in [0.29, 0.717) is 32.8 Å². The molecule has 1 N–H and O–H groups in total. The van der Waals surface area contributed by atoms with Gasteiger partial charge in [-0.05, 0) is 46.7 Å². The third-order valence-corrected chi connectivity index (χ3v) is 5.89. The highest BCUT2D eigenvalue weighted by molar-refractivity contribution is 6.36. The van der Waals surface area contributed by atoms with E-state index in [1.807, 2.05) is 48.5 Å². The molecule has 4 rings (SSSR count). The quantitative estimate of drug-likeness (QED) is 0.213. The van der Waals surface area contributed by atoms with Crippen molar-refractivity contribution in [3.05, 3.63) is 106 Å². The van der Waals surface area contributed by atoms with Crippen molar-refractivity contribution in [2.24, 2.45) is 0 Å². The molecule has 0 aliphatic carbocycles. The number of carbonyl (C=O) groups is 1. The summed E-state index contributed by atoms with van der Waals surface area (Å²) in [5.74, 6) is 0.276. The van der Waals surface area contributed by atoms with Crippen LogP contribution in [-0.2, 0) is 11.4 Å². The highest BCUT2D eigenvalue weighted by Crippen LogP contribution is 2.34. The third kappa shape index (κ3) is 5.58. The number of ether oxygens (including phenoxy) is 2. The minimum absolute atomic E-state index is 0.135. The van der Waals surface area contributed by atoms with Gasteiger partial charge in [0.1, 0.15) is 18.2 Å². The van der Waals surface area contributed by atoms with Gasteiger partial charge >= 0.3 is 0 Å². The second kappa shape index (κ2) is 11.0. The number of para-hydroxylation sites is 1. The van der Waals surface area contributed by atoms with Gasteiger partial charge in [0.2, 0.25) is 0 Å². The van der Waals surface area contributed by atoms with Crippen LogP contribution in [0.1, 0.15) is 11.1 Å². The van der Waals surface area contributed by atoms with Crippen molar-refractivity contribution >= 4 is 51.6 Å². The molecular formula is C28H20Cl2N2O3. The van der Waals surface area contributed by atoms with Crippen molar-refractivity contribution in [1.29, 1.82) is 5.26 Å². The van der Waals surface area contributed by atoms with Gasteiger partial charge in [-0.15, -0.1) is 0 Å². The standard InChI is InChI=1S/C28H20Cl2N2O3/c1-34-26-11-5-8-19(14-21(16-31)28(33)32-25-15-22(29)12-13-24(25)30)27(26)35-17-20-9-4-7-18-6-2-3-10-23(18)20/h2-15H,17H2,1H3,(H,32,33)/b21-14+. The topological polar surface area (TPSA) is 71.3 Å². The molecule has 35 heavy (non-hydrogen) atoms. The molecule has 0 radical (unpaired) electrons. The third-order valence-electron chi connectivity index (χ3n) is 5.32. The Kier molecular flexibility index (Phi) is 7.57. The van der Waals surface area contributed by atoms with Crippen LogP contribution < -0.4 is 14.8 Å². The summed E-state index contributed by atoms with van der Waals surface area (Å²) >= 11 is 12.1. The number of fused-ring (bicyclic) bond motifs is 1. The zero-order valence-electron chi connectivity index (χ0n) is 18.7. The van der Waals surface area contributed by atoms with Crippen LogP contribution in [0, 0.1) is 11.3 Å². The summed E-state index contributed by atoms with van der Waals surface area (Å²) in [4.78, 5) is 12.8. The molecule has 5 nitrogen and oxygen atoms in total. The fourth-order valence-corrected chi connectivity index (χ4v) is 3.95. The Morgan fingerprint density at radius 1 is 1.03 bits per heavy atom. The molecular weight excluding hydrogens is 483 g/mol. The molecule has 0 aromatic heterocycles. The first kappa shape index (κ1) is 24.2. The highest BCUT2D eigenvalue weighted by Gasteiger charge is 2.16. The Balaban J connectivity index is 1.64. The average Bonchev–Trinajstić information content (AvgIpc) is 2.88. The Morgan fingerprint density at radius 2 is 1.80 bits per heavy atom. The molecule has 0 aliphatic rings. The predicted octanol–water partition coefficient (Wildman–Crippen LogP) is 7.28. The number of methoxy groups -OCH3 is 1. The zero-order valence-corrected chi connectivity index (χ0v) is 20.2. The summed E-state index contributed by atoms with van der Waals surface area (Å²) < 4.78 is 11.7. The van der Waals surface area contributed by atoms with Gasteiger partial charge in [0.05, 0.1) is 17.8 Å². The molecule has 174 valence electrons. The summed E-state index contributed by atoms with van der Waals surface area (Å²) in [5, 5.41) is 15.2. The Labute approximate surface area is 213 Å². The van der Waals surface area contributed by atoms with Crippen LogP contribution in [0.15, 0.2) is 84.4 Å². The number of nitrogens with zero attached hydrogens (tertiary/aromatic N) is 1. The van der Waals surface area contributed by atoms with Crippen LogP contribution in [0.4, 0.5) is 5.69 Å². The first-order valence-electron chi connectivity index (χ1n) is 10.6. The van der Waals surface area contributed by atoms with Gasteiger partial charge < -0.3 is 14.8 Å². The lowest BCUT2D eigenvalue weighted by Gasteiger charge is -2.15. The molecule has 0 spiro atoms. The van der Waals surface area contributed by atoms with Crippen molar-refractivity contribution < 1.29 is 14.3 Å². The van der Waals surface area contributed by atoms with E-state index in [4.69, 9.17) is 32.7 Å². The molecule has 4 aromatic rings. The fraction of sp³-hybridized carbons (Fsp3) is 0.0714.